The van der Waals surface area contributed by atoms with E-state index in [2.05, 4.69) is 55.8 Å². The van der Waals surface area contributed by atoms with Crippen LogP contribution in [0.5, 0.6) is 0 Å². The Labute approximate surface area is 161 Å². The second kappa shape index (κ2) is 6.99. The number of nitrogens with zero attached hydrogens (tertiary/aromatic N) is 4. The van der Waals surface area contributed by atoms with E-state index in [-0.39, 0.29) is 23.0 Å². The van der Waals surface area contributed by atoms with Crippen molar-refractivity contribution in [3.63, 3.8) is 0 Å². The van der Waals surface area contributed by atoms with E-state index in [1.54, 1.807) is 10.9 Å². The molecule has 2 aromatic rings. The quantitative estimate of drug-likeness (QED) is 0.804. The van der Waals surface area contributed by atoms with Gasteiger partial charge in [-0.05, 0) is 31.6 Å². The van der Waals surface area contributed by atoms with Crippen LogP contribution in [0.1, 0.15) is 38.9 Å². The normalized spacial score (nSPS) is 21.7. The third-order valence-corrected chi connectivity index (χ3v) is 10.3. The summed E-state index contributed by atoms with van der Waals surface area (Å²) in [5.74, 6) is -0.265. The lowest BCUT2D eigenvalue weighted by molar-refractivity contribution is 0.132. The fraction of sp³-hybridized carbons (Fsp3) is 0.579. The van der Waals surface area contributed by atoms with Crippen molar-refractivity contribution in [1.82, 2.24) is 19.4 Å². The number of likely N-dealkylation sites (N-methyl/N-ethyl adjacent to an activating group) is 1. The Morgan fingerprint density at radius 1 is 1.30 bits per heavy atom. The van der Waals surface area contributed by atoms with E-state index in [1.807, 2.05) is 6.20 Å². The molecule has 1 aliphatic heterocycles. The maximum absolute atomic E-state index is 14.2. The number of aromatic nitrogens is 3. The van der Waals surface area contributed by atoms with Gasteiger partial charge < -0.3 is 10.2 Å². The average Bonchev–Trinajstić information content (AvgIpc) is 3.13. The number of anilines is 1. The lowest BCUT2D eigenvalue weighted by Gasteiger charge is -2.40. The van der Waals surface area contributed by atoms with E-state index in [0.717, 1.165) is 18.7 Å². The van der Waals surface area contributed by atoms with Crippen LogP contribution in [0, 0.1) is 5.82 Å². The molecule has 2 unspecified atom stereocenters. The molecule has 2 atom stereocenters. The molecule has 0 saturated carbocycles. The minimum absolute atomic E-state index is 0.0530. The first-order valence-electron chi connectivity index (χ1n) is 9.33. The van der Waals surface area contributed by atoms with Crippen molar-refractivity contribution in [2.75, 3.05) is 19.3 Å². The van der Waals surface area contributed by atoms with Crippen LogP contribution >= 0.6 is 0 Å². The standard InChI is InChI=1S/C19H30FN5OSi/c1-19(2,3)27(5,6)26-16-7-8-24(4)17(16)15-11-25(12-23-15)18-14(20)9-13(21)10-22-18/h9-12,16-17H,7-8,21H2,1-6H3. The van der Waals surface area contributed by atoms with Gasteiger partial charge in [0, 0.05) is 18.8 Å². The van der Waals surface area contributed by atoms with Gasteiger partial charge in [0.1, 0.15) is 6.33 Å². The number of halogens is 1. The predicted octanol–water partition coefficient (Wildman–Crippen LogP) is 3.76. The molecule has 3 rings (SSSR count). The lowest BCUT2D eigenvalue weighted by Crippen LogP contribution is -2.45. The molecule has 3 heterocycles. The van der Waals surface area contributed by atoms with Gasteiger partial charge in [0.05, 0.1) is 29.7 Å². The zero-order valence-corrected chi connectivity index (χ0v) is 18.0. The molecule has 8 heteroatoms. The SMILES string of the molecule is CN1CCC(O[Si](C)(C)C(C)(C)C)C1c1cn(-c2ncc(N)cc2F)cn1. The van der Waals surface area contributed by atoms with E-state index in [0.29, 0.717) is 5.69 Å². The first-order valence-corrected chi connectivity index (χ1v) is 12.2. The van der Waals surface area contributed by atoms with E-state index in [9.17, 15) is 4.39 Å². The highest BCUT2D eigenvalue weighted by Crippen LogP contribution is 2.41. The highest BCUT2D eigenvalue weighted by Gasteiger charge is 2.44. The molecule has 1 aliphatic rings. The van der Waals surface area contributed by atoms with Crippen molar-refractivity contribution < 1.29 is 8.82 Å². The second-order valence-corrected chi connectivity index (χ2v) is 13.7. The number of nitrogen functional groups attached to an aromatic ring is 1. The molecular weight excluding hydrogens is 361 g/mol. The summed E-state index contributed by atoms with van der Waals surface area (Å²) in [7, 11) is 0.190. The van der Waals surface area contributed by atoms with E-state index in [4.69, 9.17) is 10.2 Å². The van der Waals surface area contributed by atoms with Gasteiger partial charge in [-0.25, -0.2) is 14.4 Å². The molecular formula is C19H30FN5OSi. The van der Waals surface area contributed by atoms with Crippen LogP contribution in [0.3, 0.4) is 0 Å². The van der Waals surface area contributed by atoms with Crippen molar-refractivity contribution in [3.8, 4) is 5.82 Å². The molecule has 2 N–H and O–H groups in total. The summed E-state index contributed by atoms with van der Waals surface area (Å²) in [5, 5.41) is 0.148. The van der Waals surface area contributed by atoms with Gasteiger partial charge in [0.2, 0.25) is 0 Å². The van der Waals surface area contributed by atoms with Crippen LogP contribution < -0.4 is 5.73 Å². The Morgan fingerprint density at radius 2 is 2.00 bits per heavy atom. The maximum Gasteiger partial charge on any atom is 0.192 e. The van der Waals surface area contributed by atoms with Crippen LogP contribution in [0.15, 0.2) is 24.8 Å². The summed E-state index contributed by atoms with van der Waals surface area (Å²) in [6, 6.07) is 1.32. The number of imidazole rings is 1. The van der Waals surface area contributed by atoms with Gasteiger partial charge in [-0.3, -0.25) is 9.47 Å². The van der Waals surface area contributed by atoms with Crippen molar-refractivity contribution in [3.05, 3.63) is 36.3 Å². The number of hydrogen-bond donors (Lipinski definition) is 1. The molecule has 27 heavy (non-hydrogen) atoms. The van der Waals surface area contributed by atoms with Crippen molar-refractivity contribution >= 4 is 14.0 Å². The first kappa shape index (κ1) is 20.0. The molecule has 0 aromatic carbocycles. The zero-order chi connectivity index (χ0) is 20.0. The number of likely N-dealkylation sites (tertiary alicyclic amines) is 1. The summed E-state index contributed by atoms with van der Waals surface area (Å²) >= 11 is 0. The summed E-state index contributed by atoms with van der Waals surface area (Å²) in [4.78, 5) is 10.9. The molecule has 0 amide bonds. The molecule has 2 aromatic heterocycles. The topological polar surface area (TPSA) is 69.2 Å². The maximum atomic E-state index is 14.2. The van der Waals surface area contributed by atoms with Gasteiger partial charge in [-0.15, -0.1) is 0 Å². The van der Waals surface area contributed by atoms with Crippen LogP contribution in [-0.4, -0.2) is 47.4 Å². The number of hydrogen-bond acceptors (Lipinski definition) is 5. The summed E-state index contributed by atoms with van der Waals surface area (Å²) in [5.41, 5.74) is 6.77. The number of nitrogens with two attached hydrogens (primary N) is 1. The van der Waals surface area contributed by atoms with Crippen LogP contribution in [-0.2, 0) is 4.43 Å². The minimum atomic E-state index is -1.89. The highest BCUT2D eigenvalue weighted by atomic mass is 28.4. The molecule has 0 bridgehead atoms. The van der Waals surface area contributed by atoms with Gasteiger partial charge in [-0.1, -0.05) is 20.8 Å². The summed E-state index contributed by atoms with van der Waals surface area (Å²) in [6.07, 6.45) is 5.95. The lowest BCUT2D eigenvalue weighted by atomic mass is 10.1. The Bertz CT molecular complexity index is 817. The molecule has 1 saturated heterocycles. The van der Waals surface area contributed by atoms with Crippen molar-refractivity contribution in [2.45, 2.75) is 57.5 Å². The van der Waals surface area contributed by atoms with Crippen LogP contribution in [0.25, 0.3) is 5.82 Å². The molecule has 148 valence electrons. The molecule has 0 spiro atoms. The average molecular weight is 392 g/mol. The number of pyridine rings is 1. The number of rotatable bonds is 4. The molecule has 0 radical (unpaired) electrons. The van der Waals surface area contributed by atoms with E-state index < -0.39 is 14.1 Å². The van der Waals surface area contributed by atoms with Gasteiger partial charge in [0.25, 0.3) is 0 Å². The Kier molecular flexibility index (Phi) is 5.17. The monoisotopic (exact) mass is 391 g/mol. The van der Waals surface area contributed by atoms with Gasteiger partial charge in [0.15, 0.2) is 20.0 Å². The predicted molar refractivity (Wildman–Crippen MR) is 108 cm³/mol. The highest BCUT2D eigenvalue weighted by molar-refractivity contribution is 6.74. The third kappa shape index (κ3) is 3.92. The second-order valence-electron chi connectivity index (χ2n) is 8.91. The fourth-order valence-corrected chi connectivity index (χ4v) is 4.61. The Hall–Kier alpha value is -1.77. The minimum Gasteiger partial charge on any atom is -0.412 e. The van der Waals surface area contributed by atoms with E-state index >= 15 is 0 Å². The van der Waals surface area contributed by atoms with Crippen LogP contribution in [0.4, 0.5) is 10.1 Å². The fourth-order valence-electron chi connectivity index (χ4n) is 3.25. The molecule has 1 fully saturated rings. The third-order valence-electron chi connectivity index (χ3n) is 5.84. The first-order chi connectivity index (χ1) is 12.5. The summed E-state index contributed by atoms with van der Waals surface area (Å²) < 4.78 is 22.5. The Balaban J connectivity index is 1.87. The summed E-state index contributed by atoms with van der Waals surface area (Å²) in [6.45, 7) is 12.2. The zero-order valence-electron chi connectivity index (χ0n) is 17.0. The smallest absolute Gasteiger partial charge is 0.192 e. The van der Waals surface area contributed by atoms with Crippen molar-refractivity contribution in [2.24, 2.45) is 0 Å². The van der Waals surface area contributed by atoms with Gasteiger partial charge in [-0.2, -0.15) is 0 Å². The Morgan fingerprint density at radius 3 is 2.63 bits per heavy atom. The van der Waals surface area contributed by atoms with Crippen LogP contribution in [0.2, 0.25) is 18.1 Å². The van der Waals surface area contributed by atoms with Gasteiger partial charge >= 0.3 is 0 Å². The molecule has 6 nitrogen and oxygen atoms in total. The van der Waals surface area contributed by atoms with Crippen molar-refractivity contribution in [1.29, 1.82) is 0 Å². The van der Waals surface area contributed by atoms with E-state index in [1.165, 1.54) is 12.3 Å². The molecule has 0 aliphatic carbocycles. The largest absolute Gasteiger partial charge is 0.412 e.